The molecule has 2 heterocycles. The van der Waals surface area contributed by atoms with Gasteiger partial charge in [0.25, 0.3) is 5.91 Å². The first-order valence-electron chi connectivity index (χ1n) is 6.22. The predicted octanol–water partition coefficient (Wildman–Crippen LogP) is 1.64. The van der Waals surface area contributed by atoms with Gasteiger partial charge in [0, 0.05) is 31.7 Å². The summed E-state index contributed by atoms with van der Waals surface area (Å²) in [7, 11) is 0. The van der Waals surface area contributed by atoms with Crippen molar-refractivity contribution < 1.29 is 13.6 Å². The lowest BCUT2D eigenvalue weighted by molar-refractivity contribution is 0.0551. The molecule has 0 aromatic carbocycles. The van der Waals surface area contributed by atoms with E-state index in [4.69, 9.17) is 0 Å². The lowest BCUT2D eigenvalue weighted by atomic mass is 10.3. The van der Waals surface area contributed by atoms with E-state index in [1.807, 2.05) is 6.92 Å². The second-order valence-corrected chi connectivity index (χ2v) is 4.11. The maximum absolute atomic E-state index is 12.4. The van der Waals surface area contributed by atoms with Crippen LogP contribution < -0.4 is 0 Å². The Bertz CT molecular complexity index is 552. The summed E-state index contributed by atoms with van der Waals surface area (Å²) >= 11 is 0. The fraction of sp³-hybridized carbons (Fsp3) is 0.417. The van der Waals surface area contributed by atoms with Gasteiger partial charge in [-0.2, -0.15) is 19.0 Å². The Morgan fingerprint density at radius 1 is 1.45 bits per heavy atom. The van der Waals surface area contributed by atoms with E-state index in [1.165, 1.54) is 6.07 Å². The zero-order valence-corrected chi connectivity index (χ0v) is 11.0. The van der Waals surface area contributed by atoms with Gasteiger partial charge in [-0.3, -0.25) is 9.48 Å². The van der Waals surface area contributed by atoms with E-state index in [9.17, 15) is 13.6 Å². The number of alkyl halides is 2. The van der Waals surface area contributed by atoms with Crippen molar-refractivity contribution in [2.45, 2.75) is 20.0 Å². The SMILES string of the molecule is CCN(CCn1cccn1)C(=O)c1ccn(C(F)F)n1. The number of amides is 1. The number of halogens is 2. The third-order valence-corrected chi connectivity index (χ3v) is 2.85. The standard InChI is InChI=1S/C12H15F2N5O/c1-2-17(8-9-18-6-3-5-15-18)11(20)10-4-7-19(16-10)12(13)14/h3-7,12H,2,8-9H2,1H3. The second-order valence-electron chi connectivity index (χ2n) is 4.11. The van der Waals surface area contributed by atoms with Gasteiger partial charge in [-0.05, 0) is 19.1 Å². The van der Waals surface area contributed by atoms with Crippen LogP contribution in [-0.2, 0) is 6.54 Å². The van der Waals surface area contributed by atoms with Crippen LogP contribution >= 0.6 is 0 Å². The number of hydrogen-bond acceptors (Lipinski definition) is 3. The molecule has 0 unspecified atom stereocenters. The molecule has 0 saturated carbocycles. The number of carbonyl (C=O) groups excluding carboxylic acids is 1. The zero-order valence-electron chi connectivity index (χ0n) is 11.0. The van der Waals surface area contributed by atoms with Crippen LogP contribution in [0.3, 0.4) is 0 Å². The normalized spacial score (nSPS) is 11.0. The summed E-state index contributed by atoms with van der Waals surface area (Å²) in [6, 6.07) is 3.09. The van der Waals surface area contributed by atoms with Crippen LogP contribution in [0.15, 0.2) is 30.7 Å². The maximum Gasteiger partial charge on any atom is 0.333 e. The minimum Gasteiger partial charge on any atom is -0.336 e. The summed E-state index contributed by atoms with van der Waals surface area (Å²) in [6.45, 7) is 0.545. The molecule has 6 nitrogen and oxygen atoms in total. The summed E-state index contributed by atoms with van der Waals surface area (Å²) in [5, 5.41) is 7.62. The number of carbonyl (C=O) groups is 1. The van der Waals surface area contributed by atoms with E-state index in [0.717, 1.165) is 6.20 Å². The molecule has 0 spiro atoms. The van der Waals surface area contributed by atoms with Gasteiger partial charge in [0.05, 0.1) is 6.54 Å². The highest BCUT2D eigenvalue weighted by molar-refractivity contribution is 5.92. The van der Waals surface area contributed by atoms with Gasteiger partial charge in [-0.1, -0.05) is 0 Å². The smallest absolute Gasteiger partial charge is 0.333 e. The molecule has 20 heavy (non-hydrogen) atoms. The molecule has 1 amide bonds. The lowest BCUT2D eigenvalue weighted by Crippen LogP contribution is -2.34. The monoisotopic (exact) mass is 283 g/mol. The lowest BCUT2D eigenvalue weighted by Gasteiger charge is -2.19. The Morgan fingerprint density at radius 2 is 2.25 bits per heavy atom. The Hall–Kier alpha value is -2.25. The third-order valence-electron chi connectivity index (χ3n) is 2.85. The average molecular weight is 283 g/mol. The molecule has 2 aromatic heterocycles. The Labute approximate surface area is 114 Å². The molecular formula is C12H15F2N5O. The third kappa shape index (κ3) is 3.19. The van der Waals surface area contributed by atoms with Crippen molar-refractivity contribution in [1.29, 1.82) is 0 Å². The molecule has 0 aliphatic rings. The minimum atomic E-state index is -2.74. The highest BCUT2D eigenvalue weighted by atomic mass is 19.3. The highest BCUT2D eigenvalue weighted by Crippen LogP contribution is 2.10. The zero-order chi connectivity index (χ0) is 14.5. The molecule has 0 atom stereocenters. The summed E-state index contributed by atoms with van der Waals surface area (Å²) in [6.07, 6.45) is 4.55. The highest BCUT2D eigenvalue weighted by Gasteiger charge is 2.18. The fourth-order valence-electron chi connectivity index (χ4n) is 1.78. The van der Waals surface area contributed by atoms with Crippen molar-refractivity contribution in [2.24, 2.45) is 0 Å². The van der Waals surface area contributed by atoms with Crippen molar-refractivity contribution in [3.05, 3.63) is 36.4 Å². The average Bonchev–Trinajstić information content (AvgIpc) is 3.10. The van der Waals surface area contributed by atoms with Gasteiger partial charge in [-0.15, -0.1) is 0 Å². The summed E-state index contributed by atoms with van der Waals surface area (Å²) in [5.41, 5.74) is 0.0209. The first-order valence-corrected chi connectivity index (χ1v) is 6.22. The molecule has 0 aliphatic carbocycles. The van der Waals surface area contributed by atoms with Gasteiger partial charge >= 0.3 is 6.55 Å². The topological polar surface area (TPSA) is 56.0 Å². The molecule has 0 bridgehead atoms. The number of nitrogens with zero attached hydrogens (tertiary/aromatic N) is 5. The fourth-order valence-corrected chi connectivity index (χ4v) is 1.78. The molecular weight excluding hydrogens is 268 g/mol. The summed E-state index contributed by atoms with van der Waals surface area (Å²) in [4.78, 5) is 13.7. The molecule has 8 heteroatoms. The molecule has 108 valence electrons. The van der Waals surface area contributed by atoms with E-state index in [1.54, 1.807) is 28.0 Å². The largest absolute Gasteiger partial charge is 0.336 e. The molecule has 0 N–H and O–H groups in total. The van der Waals surface area contributed by atoms with Gasteiger partial charge in [0.2, 0.25) is 0 Å². The maximum atomic E-state index is 12.4. The summed E-state index contributed by atoms with van der Waals surface area (Å²) < 4.78 is 27.0. The van der Waals surface area contributed by atoms with Crippen molar-refractivity contribution >= 4 is 5.91 Å². The molecule has 2 rings (SSSR count). The van der Waals surface area contributed by atoms with Crippen molar-refractivity contribution in [3.63, 3.8) is 0 Å². The van der Waals surface area contributed by atoms with Crippen LogP contribution in [0.25, 0.3) is 0 Å². The van der Waals surface area contributed by atoms with Crippen LogP contribution in [0.2, 0.25) is 0 Å². The quantitative estimate of drug-likeness (QED) is 0.809. The minimum absolute atomic E-state index is 0.0209. The molecule has 0 fully saturated rings. The van der Waals surface area contributed by atoms with Gasteiger partial charge in [0.15, 0.2) is 5.69 Å². The first-order chi connectivity index (χ1) is 9.61. The number of aromatic nitrogens is 4. The Kier molecular flexibility index (Phi) is 4.44. The number of rotatable bonds is 6. The Balaban J connectivity index is 2.00. The van der Waals surface area contributed by atoms with E-state index >= 15 is 0 Å². The first kappa shape index (κ1) is 14.2. The van der Waals surface area contributed by atoms with E-state index in [0.29, 0.717) is 24.3 Å². The van der Waals surface area contributed by atoms with Gasteiger partial charge in [-0.25, -0.2) is 4.68 Å². The predicted molar refractivity (Wildman–Crippen MR) is 67.3 cm³/mol. The van der Waals surface area contributed by atoms with Crippen LogP contribution in [0.4, 0.5) is 8.78 Å². The van der Waals surface area contributed by atoms with Crippen LogP contribution in [0.1, 0.15) is 24.0 Å². The molecule has 0 aliphatic heterocycles. The van der Waals surface area contributed by atoms with Crippen molar-refractivity contribution in [2.75, 3.05) is 13.1 Å². The van der Waals surface area contributed by atoms with Gasteiger partial charge in [0.1, 0.15) is 0 Å². The van der Waals surface area contributed by atoms with Crippen LogP contribution in [0, 0.1) is 0 Å². The summed E-state index contributed by atoms with van der Waals surface area (Å²) in [5.74, 6) is -0.362. The van der Waals surface area contributed by atoms with E-state index < -0.39 is 6.55 Å². The van der Waals surface area contributed by atoms with Gasteiger partial charge < -0.3 is 4.90 Å². The molecule has 2 aromatic rings. The number of likely N-dealkylation sites (N-methyl/N-ethyl adjacent to an activating group) is 1. The van der Waals surface area contributed by atoms with Crippen molar-refractivity contribution in [1.82, 2.24) is 24.5 Å². The Morgan fingerprint density at radius 3 is 2.80 bits per heavy atom. The second kappa shape index (κ2) is 6.27. The molecule has 0 radical (unpaired) electrons. The van der Waals surface area contributed by atoms with Crippen LogP contribution in [-0.4, -0.2) is 43.5 Å². The van der Waals surface area contributed by atoms with E-state index in [-0.39, 0.29) is 11.6 Å². The molecule has 0 saturated heterocycles. The van der Waals surface area contributed by atoms with Crippen molar-refractivity contribution in [3.8, 4) is 0 Å². The van der Waals surface area contributed by atoms with Crippen LogP contribution in [0.5, 0.6) is 0 Å². The van der Waals surface area contributed by atoms with E-state index in [2.05, 4.69) is 10.2 Å². The number of hydrogen-bond donors (Lipinski definition) is 0.